The van der Waals surface area contributed by atoms with E-state index in [0.717, 1.165) is 25.1 Å². The fraction of sp³-hybridized carbons (Fsp3) is 0.357. The van der Waals surface area contributed by atoms with Gasteiger partial charge in [-0.1, -0.05) is 19.1 Å². The van der Waals surface area contributed by atoms with Crippen LogP contribution in [0.5, 0.6) is 0 Å². The van der Waals surface area contributed by atoms with Crippen LogP contribution >= 0.6 is 11.3 Å². The van der Waals surface area contributed by atoms with Gasteiger partial charge >= 0.3 is 0 Å². The van der Waals surface area contributed by atoms with Gasteiger partial charge in [-0.3, -0.25) is 4.98 Å². The normalized spacial score (nSPS) is 12.5. The second-order valence-electron chi connectivity index (χ2n) is 4.06. The van der Waals surface area contributed by atoms with E-state index in [1.165, 1.54) is 4.88 Å². The number of hydrogen-bond acceptors (Lipinski definition) is 3. The molecule has 3 heteroatoms. The first-order chi connectivity index (χ1) is 8.38. The number of hydrogen-bond donors (Lipinski definition) is 1. The summed E-state index contributed by atoms with van der Waals surface area (Å²) in [7, 11) is 0. The molecule has 2 aromatic heterocycles. The molecule has 0 saturated carbocycles. The van der Waals surface area contributed by atoms with E-state index in [2.05, 4.69) is 46.9 Å². The maximum absolute atomic E-state index is 4.39. The standard InChI is InChI=1S/C14H18N2S/c1-2-15-13(11-14-7-5-9-17-14)10-12-6-3-4-8-16-12/h3-9,13,15H,2,10-11H2,1H3. The van der Waals surface area contributed by atoms with E-state index < -0.39 is 0 Å². The van der Waals surface area contributed by atoms with Crippen LogP contribution in [0.1, 0.15) is 17.5 Å². The maximum atomic E-state index is 4.39. The number of nitrogens with one attached hydrogen (secondary N) is 1. The summed E-state index contributed by atoms with van der Waals surface area (Å²) >= 11 is 1.83. The van der Waals surface area contributed by atoms with Crippen LogP contribution in [-0.4, -0.2) is 17.6 Å². The quantitative estimate of drug-likeness (QED) is 0.847. The van der Waals surface area contributed by atoms with Crippen molar-refractivity contribution in [2.45, 2.75) is 25.8 Å². The van der Waals surface area contributed by atoms with Crippen molar-refractivity contribution in [1.29, 1.82) is 0 Å². The smallest absolute Gasteiger partial charge is 0.0419 e. The molecule has 0 radical (unpaired) electrons. The largest absolute Gasteiger partial charge is 0.314 e. The van der Waals surface area contributed by atoms with Crippen LogP contribution in [0.3, 0.4) is 0 Å². The van der Waals surface area contributed by atoms with E-state index in [-0.39, 0.29) is 0 Å². The van der Waals surface area contributed by atoms with Gasteiger partial charge in [0.25, 0.3) is 0 Å². The van der Waals surface area contributed by atoms with E-state index in [9.17, 15) is 0 Å². The summed E-state index contributed by atoms with van der Waals surface area (Å²) in [6.45, 7) is 3.16. The summed E-state index contributed by atoms with van der Waals surface area (Å²) in [5, 5.41) is 5.67. The van der Waals surface area contributed by atoms with Crippen LogP contribution in [0, 0.1) is 0 Å². The van der Waals surface area contributed by atoms with Crippen LogP contribution in [0.2, 0.25) is 0 Å². The lowest BCUT2D eigenvalue weighted by molar-refractivity contribution is 0.519. The van der Waals surface area contributed by atoms with Gasteiger partial charge < -0.3 is 5.32 Å². The fourth-order valence-corrected chi connectivity index (χ4v) is 2.73. The SMILES string of the molecule is CCNC(Cc1ccccn1)Cc1cccs1. The van der Waals surface area contributed by atoms with Crippen LogP contribution < -0.4 is 5.32 Å². The summed E-state index contributed by atoms with van der Waals surface area (Å²) < 4.78 is 0. The molecule has 0 aliphatic carbocycles. The van der Waals surface area contributed by atoms with Gasteiger partial charge in [-0.25, -0.2) is 0 Å². The molecule has 1 unspecified atom stereocenters. The second-order valence-corrected chi connectivity index (χ2v) is 5.10. The van der Waals surface area contributed by atoms with Gasteiger partial charge in [0, 0.05) is 29.2 Å². The highest BCUT2D eigenvalue weighted by Gasteiger charge is 2.10. The molecule has 0 amide bonds. The maximum Gasteiger partial charge on any atom is 0.0419 e. The van der Waals surface area contributed by atoms with Gasteiger partial charge in [0.05, 0.1) is 0 Å². The molecule has 2 rings (SSSR count). The van der Waals surface area contributed by atoms with E-state index in [0.29, 0.717) is 6.04 Å². The molecule has 0 aliphatic heterocycles. The van der Waals surface area contributed by atoms with E-state index in [1.54, 1.807) is 0 Å². The van der Waals surface area contributed by atoms with Crippen LogP contribution in [0.25, 0.3) is 0 Å². The lowest BCUT2D eigenvalue weighted by atomic mass is 10.1. The van der Waals surface area contributed by atoms with E-state index >= 15 is 0 Å². The van der Waals surface area contributed by atoms with Crippen molar-refractivity contribution in [2.24, 2.45) is 0 Å². The predicted octanol–water partition coefficient (Wildman–Crippen LogP) is 2.91. The molecule has 2 nitrogen and oxygen atoms in total. The Morgan fingerprint density at radius 2 is 2.18 bits per heavy atom. The van der Waals surface area contributed by atoms with Crippen molar-refractivity contribution in [3.63, 3.8) is 0 Å². The van der Waals surface area contributed by atoms with Crippen molar-refractivity contribution in [1.82, 2.24) is 10.3 Å². The van der Waals surface area contributed by atoms with Gasteiger partial charge in [0.15, 0.2) is 0 Å². The Morgan fingerprint density at radius 3 is 2.82 bits per heavy atom. The Labute approximate surface area is 107 Å². The zero-order valence-electron chi connectivity index (χ0n) is 10.1. The minimum atomic E-state index is 0.480. The third-order valence-corrected chi connectivity index (χ3v) is 3.60. The zero-order chi connectivity index (χ0) is 11.9. The summed E-state index contributed by atoms with van der Waals surface area (Å²) in [6.07, 6.45) is 3.94. The predicted molar refractivity (Wildman–Crippen MR) is 73.4 cm³/mol. The average Bonchev–Trinajstić information content (AvgIpc) is 2.83. The number of rotatable bonds is 6. The molecular weight excluding hydrogens is 228 g/mol. The minimum Gasteiger partial charge on any atom is -0.314 e. The highest BCUT2D eigenvalue weighted by Crippen LogP contribution is 2.13. The monoisotopic (exact) mass is 246 g/mol. The summed E-state index contributed by atoms with van der Waals surface area (Å²) in [5.74, 6) is 0. The molecule has 0 bridgehead atoms. The second kappa shape index (κ2) is 6.52. The number of aromatic nitrogens is 1. The molecule has 1 atom stereocenters. The minimum absolute atomic E-state index is 0.480. The van der Waals surface area contributed by atoms with Gasteiger partial charge in [-0.05, 0) is 36.5 Å². The Balaban J connectivity index is 1.97. The highest BCUT2D eigenvalue weighted by atomic mass is 32.1. The van der Waals surface area contributed by atoms with Crippen LogP contribution in [-0.2, 0) is 12.8 Å². The molecule has 0 aliphatic rings. The Kier molecular flexibility index (Phi) is 4.71. The molecule has 0 saturated heterocycles. The molecule has 0 spiro atoms. The Bertz CT molecular complexity index is 411. The molecule has 0 fully saturated rings. The molecule has 1 N–H and O–H groups in total. The molecule has 2 heterocycles. The third kappa shape index (κ3) is 3.95. The fourth-order valence-electron chi connectivity index (χ4n) is 1.95. The molecule has 2 aromatic rings. The molecular formula is C14H18N2S. The average molecular weight is 246 g/mol. The number of thiophene rings is 1. The van der Waals surface area contributed by atoms with Gasteiger partial charge in [0.1, 0.15) is 0 Å². The van der Waals surface area contributed by atoms with Crippen molar-refractivity contribution >= 4 is 11.3 Å². The lowest BCUT2D eigenvalue weighted by Gasteiger charge is -2.16. The Morgan fingerprint density at radius 1 is 1.24 bits per heavy atom. The summed E-state index contributed by atoms with van der Waals surface area (Å²) in [6, 6.07) is 10.9. The van der Waals surface area contributed by atoms with Crippen LogP contribution in [0.4, 0.5) is 0 Å². The van der Waals surface area contributed by atoms with E-state index in [1.807, 2.05) is 23.6 Å². The zero-order valence-corrected chi connectivity index (χ0v) is 10.9. The van der Waals surface area contributed by atoms with Crippen LogP contribution in [0.15, 0.2) is 41.9 Å². The van der Waals surface area contributed by atoms with E-state index in [4.69, 9.17) is 0 Å². The number of likely N-dealkylation sites (N-methyl/N-ethyl adjacent to an activating group) is 1. The molecule has 17 heavy (non-hydrogen) atoms. The third-order valence-electron chi connectivity index (χ3n) is 2.70. The van der Waals surface area contributed by atoms with Crippen molar-refractivity contribution < 1.29 is 0 Å². The van der Waals surface area contributed by atoms with Gasteiger partial charge in [-0.15, -0.1) is 11.3 Å². The van der Waals surface area contributed by atoms with Gasteiger partial charge in [-0.2, -0.15) is 0 Å². The number of nitrogens with zero attached hydrogens (tertiary/aromatic N) is 1. The first-order valence-electron chi connectivity index (χ1n) is 6.04. The lowest BCUT2D eigenvalue weighted by Crippen LogP contribution is -2.33. The molecule has 90 valence electrons. The first kappa shape index (κ1) is 12.3. The topological polar surface area (TPSA) is 24.9 Å². The summed E-state index contributed by atoms with van der Waals surface area (Å²) in [5.41, 5.74) is 1.16. The van der Waals surface area contributed by atoms with Crippen molar-refractivity contribution in [3.8, 4) is 0 Å². The molecule has 0 aromatic carbocycles. The van der Waals surface area contributed by atoms with Gasteiger partial charge in [0.2, 0.25) is 0 Å². The van der Waals surface area contributed by atoms with Crippen molar-refractivity contribution in [2.75, 3.05) is 6.54 Å². The Hall–Kier alpha value is -1.19. The number of pyridine rings is 1. The van der Waals surface area contributed by atoms with Crippen molar-refractivity contribution in [3.05, 3.63) is 52.5 Å². The summed E-state index contributed by atoms with van der Waals surface area (Å²) in [4.78, 5) is 5.83. The first-order valence-corrected chi connectivity index (χ1v) is 6.92. The highest BCUT2D eigenvalue weighted by molar-refractivity contribution is 7.09.